The summed E-state index contributed by atoms with van der Waals surface area (Å²) < 4.78 is 0. The van der Waals surface area contributed by atoms with E-state index < -0.39 is 0 Å². The minimum absolute atomic E-state index is 0.733. The van der Waals surface area contributed by atoms with Crippen LogP contribution >= 0.6 is 0 Å². The molecule has 0 unspecified atom stereocenters. The van der Waals surface area contributed by atoms with E-state index in [0.717, 1.165) is 43.5 Å². The van der Waals surface area contributed by atoms with Gasteiger partial charge in [0.05, 0.1) is 0 Å². The Labute approximate surface area is 123 Å². The lowest BCUT2D eigenvalue weighted by Crippen LogP contribution is -2.17. The molecule has 5 nitrogen and oxygen atoms in total. The molecule has 1 aromatic rings. The van der Waals surface area contributed by atoms with E-state index >= 15 is 0 Å². The van der Waals surface area contributed by atoms with Crippen LogP contribution in [0.3, 0.4) is 0 Å². The van der Waals surface area contributed by atoms with Gasteiger partial charge < -0.3 is 15.5 Å². The quantitative estimate of drug-likeness (QED) is 0.645. The van der Waals surface area contributed by atoms with Gasteiger partial charge in [-0.25, -0.2) is 4.98 Å². The van der Waals surface area contributed by atoms with Gasteiger partial charge >= 0.3 is 0 Å². The molecule has 0 fully saturated rings. The minimum Gasteiger partial charge on any atom is -0.370 e. The van der Waals surface area contributed by atoms with Crippen LogP contribution in [0.2, 0.25) is 0 Å². The van der Waals surface area contributed by atoms with Crippen molar-refractivity contribution >= 4 is 11.8 Å². The van der Waals surface area contributed by atoms with E-state index in [4.69, 9.17) is 0 Å². The van der Waals surface area contributed by atoms with E-state index in [1.165, 1.54) is 19.3 Å². The standard InChI is InChI=1S/C15H29N5/c1-5-6-7-9-17-15-18-13(2)12-14(19-15)16-10-8-11-20(3)4/h12H,5-11H2,1-4H3,(H2,16,17,18,19). The highest BCUT2D eigenvalue weighted by atomic mass is 15.1. The molecule has 0 atom stereocenters. The fraction of sp³-hybridized carbons (Fsp3) is 0.733. The Morgan fingerprint density at radius 2 is 1.80 bits per heavy atom. The summed E-state index contributed by atoms with van der Waals surface area (Å²) in [4.78, 5) is 11.1. The Morgan fingerprint density at radius 3 is 2.50 bits per heavy atom. The first-order valence-corrected chi connectivity index (χ1v) is 7.60. The average molecular weight is 279 g/mol. The van der Waals surface area contributed by atoms with Gasteiger partial charge in [-0.3, -0.25) is 0 Å². The molecule has 0 amide bonds. The van der Waals surface area contributed by atoms with Gasteiger partial charge in [0.1, 0.15) is 5.82 Å². The summed E-state index contributed by atoms with van der Waals surface area (Å²) >= 11 is 0. The van der Waals surface area contributed by atoms with Gasteiger partial charge in [-0.1, -0.05) is 19.8 Å². The topological polar surface area (TPSA) is 53.1 Å². The Hall–Kier alpha value is -1.36. The highest BCUT2D eigenvalue weighted by molar-refractivity contribution is 5.42. The minimum atomic E-state index is 0.733. The number of anilines is 2. The molecule has 0 aliphatic heterocycles. The van der Waals surface area contributed by atoms with Crippen LogP contribution in [-0.4, -0.2) is 48.6 Å². The monoisotopic (exact) mass is 279 g/mol. The van der Waals surface area contributed by atoms with Crippen LogP contribution < -0.4 is 10.6 Å². The van der Waals surface area contributed by atoms with Gasteiger partial charge in [0, 0.05) is 24.8 Å². The Kier molecular flexibility index (Phi) is 7.95. The predicted octanol–water partition coefficient (Wildman–Crippen LogP) is 2.75. The van der Waals surface area contributed by atoms with Crippen molar-refractivity contribution in [1.29, 1.82) is 0 Å². The Morgan fingerprint density at radius 1 is 1.05 bits per heavy atom. The molecule has 0 spiro atoms. The summed E-state index contributed by atoms with van der Waals surface area (Å²) in [6, 6.07) is 1.99. The van der Waals surface area contributed by atoms with Crippen LogP contribution in [0.4, 0.5) is 11.8 Å². The number of nitrogens with zero attached hydrogens (tertiary/aromatic N) is 3. The average Bonchev–Trinajstić information content (AvgIpc) is 2.39. The van der Waals surface area contributed by atoms with Crippen molar-refractivity contribution in [3.63, 3.8) is 0 Å². The van der Waals surface area contributed by atoms with Crippen molar-refractivity contribution < 1.29 is 0 Å². The summed E-state index contributed by atoms with van der Waals surface area (Å²) in [6.07, 6.45) is 4.75. The first kappa shape index (κ1) is 16.7. The van der Waals surface area contributed by atoms with Crippen LogP contribution in [0.15, 0.2) is 6.07 Å². The number of unbranched alkanes of at least 4 members (excludes halogenated alkanes) is 2. The maximum absolute atomic E-state index is 4.50. The van der Waals surface area contributed by atoms with E-state index in [1.54, 1.807) is 0 Å². The molecule has 0 aliphatic rings. The van der Waals surface area contributed by atoms with Crippen molar-refractivity contribution in [2.24, 2.45) is 0 Å². The zero-order chi connectivity index (χ0) is 14.8. The fourth-order valence-electron chi connectivity index (χ4n) is 1.93. The number of rotatable bonds is 10. The molecule has 0 saturated carbocycles. The smallest absolute Gasteiger partial charge is 0.224 e. The van der Waals surface area contributed by atoms with Crippen molar-refractivity contribution in [3.05, 3.63) is 11.8 Å². The molecule has 0 radical (unpaired) electrons. The highest BCUT2D eigenvalue weighted by Crippen LogP contribution is 2.10. The second kappa shape index (κ2) is 9.53. The van der Waals surface area contributed by atoms with E-state index in [9.17, 15) is 0 Å². The molecule has 0 saturated heterocycles. The lowest BCUT2D eigenvalue weighted by atomic mass is 10.2. The summed E-state index contributed by atoms with van der Waals surface area (Å²) in [7, 11) is 4.18. The Balaban J connectivity index is 2.40. The second-order valence-electron chi connectivity index (χ2n) is 5.44. The molecule has 5 heteroatoms. The Bertz CT molecular complexity index is 379. The SMILES string of the molecule is CCCCCNc1nc(C)cc(NCCCN(C)C)n1. The molecule has 0 aromatic carbocycles. The van der Waals surface area contributed by atoms with Crippen LogP contribution in [0.5, 0.6) is 0 Å². The third-order valence-electron chi connectivity index (χ3n) is 3.01. The van der Waals surface area contributed by atoms with Crippen LogP contribution in [-0.2, 0) is 0 Å². The molecule has 1 aromatic heterocycles. The van der Waals surface area contributed by atoms with Crippen molar-refractivity contribution in [1.82, 2.24) is 14.9 Å². The van der Waals surface area contributed by atoms with E-state index in [0.29, 0.717) is 0 Å². The maximum atomic E-state index is 4.50. The van der Waals surface area contributed by atoms with Gasteiger partial charge in [0.15, 0.2) is 0 Å². The largest absolute Gasteiger partial charge is 0.370 e. The van der Waals surface area contributed by atoms with Gasteiger partial charge in [-0.15, -0.1) is 0 Å². The zero-order valence-corrected chi connectivity index (χ0v) is 13.4. The number of aryl methyl sites for hydroxylation is 1. The molecule has 0 aliphatic carbocycles. The third-order valence-corrected chi connectivity index (χ3v) is 3.01. The van der Waals surface area contributed by atoms with Crippen molar-refractivity contribution in [3.8, 4) is 0 Å². The van der Waals surface area contributed by atoms with E-state index in [2.05, 4.69) is 46.5 Å². The van der Waals surface area contributed by atoms with Gasteiger partial charge in [0.25, 0.3) is 0 Å². The third kappa shape index (κ3) is 7.28. The van der Waals surface area contributed by atoms with Crippen LogP contribution in [0.25, 0.3) is 0 Å². The number of nitrogens with one attached hydrogen (secondary N) is 2. The van der Waals surface area contributed by atoms with Gasteiger partial charge in [-0.05, 0) is 40.4 Å². The van der Waals surface area contributed by atoms with Gasteiger partial charge in [-0.2, -0.15) is 4.98 Å². The predicted molar refractivity (Wildman–Crippen MR) is 86.4 cm³/mol. The summed E-state index contributed by atoms with van der Waals surface area (Å²) in [6.45, 7) is 7.17. The highest BCUT2D eigenvalue weighted by Gasteiger charge is 2.01. The molecular weight excluding hydrogens is 250 g/mol. The van der Waals surface area contributed by atoms with E-state index in [1.807, 2.05) is 13.0 Å². The van der Waals surface area contributed by atoms with E-state index in [-0.39, 0.29) is 0 Å². The number of hydrogen-bond donors (Lipinski definition) is 2. The molecular formula is C15H29N5. The first-order valence-electron chi connectivity index (χ1n) is 7.60. The molecule has 114 valence electrons. The number of hydrogen-bond acceptors (Lipinski definition) is 5. The normalized spacial score (nSPS) is 10.8. The second-order valence-corrected chi connectivity index (χ2v) is 5.44. The van der Waals surface area contributed by atoms with Gasteiger partial charge in [0.2, 0.25) is 5.95 Å². The lowest BCUT2D eigenvalue weighted by Gasteiger charge is -2.11. The van der Waals surface area contributed by atoms with Crippen LogP contribution in [0.1, 0.15) is 38.3 Å². The molecule has 20 heavy (non-hydrogen) atoms. The summed E-state index contributed by atoms with van der Waals surface area (Å²) in [5.41, 5.74) is 0.994. The molecule has 1 rings (SSSR count). The lowest BCUT2D eigenvalue weighted by molar-refractivity contribution is 0.405. The summed E-state index contributed by atoms with van der Waals surface area (Å²) in [5.74, 6) is 1.64. The number of aromatic nitrogens is 2. The molecule has 1 heterocycles. The van der Waals surface area contributed by atoms with Crippen molar-refractivity contribution in [2.75, 3.05) is 44.4 Å². The van der Waals surface area contributed by atoms with Crippen molar-refractivity contribution in [2.45, 2.75) is 39.5 Å². The maximum Gasteiger partial charge on any atom is 0.224 e. The first-order chi connectivity index (χ1) is 9.61. The fourth-order valence-corrected chi connectivity index (χ4v) is 1.93. The zero-order valence-electron chi connectivity index (χ0n) is 13.4. The molecule has 2 N–H and O–H groups in total. The van der Waals surface area contributed by atoms with Crippen LogP contribution in [0, 0.1) is 6.92 Å². The molecule has 0 bridgehead atoms. The summed E-state index contributed by atoms with van der Waals surface area (Å²) in [5, 5.41) is 6.66.